The van der Waals surface area contributed by atoms with Gasteiger partial charge < -0.3 is 21.1 Å². The summed E-state index contributed by atoms with van der Waals surface area (Å²) in [5, 5.41) is 5.83. The van der Waals surface area contributed by atoms with E-state index < -0.39 is 0 Å². The Morgan fingerprint density at radius 1 is 1.56 bits per heavy atom. The van der Waals surface area contributed by atoms with Gasteiger partial charge in [0.15, 0.2) is 0 Å². The molecule has 98 valence electrons. The van der Waals surface area contributed by atoms with Gasteiger partial charge in [-0.1, -0.05) is 0 Å². The minimum atomic E-state index is -0.132. The maximum absolute atomic E-state index is 11.4. The SMILES string of the molecule is CNC(=O)c1ccc(NC[C@H]2CCCO2)c(N)c1. The lowest BCUT2D eigenvalue weighted by Crippen LogP contribution is -2.20. The molecule has 1 aromatic rings. The predicted octanol–water partition coefficient (Wildman–Crippen LogP) is 1.22. The minimum Gasteiger partial charge on any atom is -0.397 e. The van der Waals surface area contributed by atoms with Gasteiger partial charge in [0, 0.05) is 25.8 Å². The lowest BCUT2D eigenvalue weighted by molar-refractivity contribution is 0.0963. The summed E-state index contributed by atoms with van der Waals surface area (Å²) < 4.78 is 5.53. The monoisotopic (exact) mass is 249 g/mol. The molecule has 1 saturated heterocycles. The van der Waals surface area contributed by atoms with E-state index in [1.165, 1.54) is 0 Å². The number of carbonyl (C=O) groups excluding carboxylic acids is 1. The van der Waals surface area contributed by atoms with E-state index in [1.54, 1.807) is 19.2 Å². The highest BCUT2D eigenvalue weighted by Crippen LogP contribution is 2.21. The van der Waals surface area contributed by atoms with Crippen LogP contribution in [0.25, 0.3) is 0 Å². The van der Waals surface area contributed by atoms with Crippen molar-refractivity contribution in [2.24, 2.45) is 0 Å². The molecule has 0 aromatic heterocycles. The molecule has 0 unspecified atom stereocenters. The fourth-order valence-corrected chi connectivity index (χ4v) is 2.04. The van der Waals surface area contributed by atoms with Crippen LogP contribution in [-0.2, 0) is 4.74 Å². The molecule has 1 fully saturated rings. The van der Waals surface area contributed by atoms with Crippen molar-refractivity contribution in [1.29, 1.82) is 0 Å². The van der Waals surface area contributed by atoms with Crippen LogP contribution in [0.3, 0.4) is 0 Å². The van der Waals surface area contributed by atoms with Crippen molar-refractivity contribution < 1.29 is 9.53 Å². The zero-order chi connectivity index (χ0) is 13.0. The van der Waals surface area contributed by atoms with E-state index in [9.17, 15) is 4.79 Å². The minimum absolute atomic E-state index is 0.132. The molecular formula is C13H19N3O2. The molecule has 2 rings (SSSR count). The quantitative estimate of drug-likeness (QED) is 0.701. The van der Waals surface area contributed by atoms with Crippen molar-refractivity contribution in [1.82, 2.24) is 5.32 Å². The Bertz CT molecular complexity index is 428. The summed E-state index contributed by atoms with van der Waals surface area (Å²) in [4.78, 5) is 11.4. The van der Waals surface area contributed by atoms with Crippen LogP contribution in [0.2, 0.25) is 0 Å². The summed E-state index contributed by atoms with van der Waals surface area (Å²) >= 11 is 0. The second-order valence-electron chi connectivity index (χ2n) is 4.40. The first kappa shape index (κ1) is 12.7. The third-order valence-electron chi connectivity index (χ3n) is 3.08. The molecule has 0 radical (unpaired) electrons. The third kappa shape index (κ3) is 2.92. The van der Waals surface area contributed by atoms with E-state index in [4.69, 9.17) is 10.5 Å². The number of rotatable bonds is 4. The van der Waals surface area contributed by atoms with Crippen LogP contribution in [0.4, 0.5) is 11.4 Å². The smallest absolute Gasteiger partial charge is 0.251 e. The van der Waals surface area contributed by atoms with E-state index in [0.717, 1.165) is 31.7 Å². The lowest BCUT2D eigenvalue weighted by atomic mass is 10.1. The van der Waals surface area contributed by atoms with Crippen molar-refractivity contribution in [2.75, 3.05) is 31.2 Å². The lowest BCUT2D eigenvalue weighted by Gasteiger charge is -2.14. The van der Waals surface area contributed by atoms with Crippen molar-refractivity contribution >= 4 is 17.3 Å². The zero-order valence-electron chi connectivity index (χ0n) is 10.5. The average Bonchev–Trinajstić information content (AvgIpc) is 2.89. The third-order valence-corrected chi connectivity index (χ3v) is 3.08. The molecule has 1 amide bonds. The first-order valence-electron chi connectivity index (χ1n) is 6.18. The van der Waals surface area contributed by atoms with Crippen LogP contribution < -0.4 is 16.4 Å². The topological polar surface area (TPSA) is 76.4 Å². The molecule has 1 aliphatic rings. The van der Waals surface area contributed by atoms with Crippen molar-refractivity contribution in [3.63, 3.8) is 0 Å². The number of amides is 1. The number of nitrogens with one attached hydrogen (secondary N) is 2. The van der Waals surface area contributed by atoms with Crippen molar-refractivity contribution in [3.05, 3.63) is 23.8 Å². The summed E-state index contributed by atoms with van der Waals surface area (Å²) in [6.45, 7) is 1.60. The van der Waals surface area contributed by atoms with E-state index in [-0.39, 0.29) is 12.0 Å². The summed E-state index contributed by atoms with van der Waals surface area (Å²) in [6, 6.07) is 5.26. The second-order valence-corrected chi connectivity index (χ2v) is 4.40. The molecule has 0 aliphatic carbocycles. The molecule has 1 aliphatic heterocycles. The van der Waals surface area contributed by atoms with Crippen LogP contribution in [0.15, 0.2) is 18.2 Å². The van der Waals surface area contributed by atoms with Crippen LogP contribution in [-0.4, -0.2) is 32.2 Å². The van der Waals surface area contributed by atoms with E-state index in [0.29, 0.717) is 11.3 Å². The number of anilines is 2. The standard InChI is InChI=1S/C13H19N3O2/c1-15-13(17)9-4-5-12(11(14)7-9)16-8-10-3-2-6-18-10/h4-5,7,10,16H,2-3,6,8,14H2,1H3,(H,15,17)/t10-/m1/s1. The largest absolute Gasteiger partial charge is 0.397 e. The van der Waals surface area contributed by atoms with Crippen LogP contribution >= 0.6 is 0 Å². The molecule has 0 bridgehead atoms. The molecule has 5 heteroatoms. The van der Waals surface area contributed by atoms with Gasteiger partial charge in [-0.25, -0.2) is 0 Å². The number of ether oxygens (including phenoxy) is 1. The first-order valence-corrected chi connectivity index (χ1v) is 6.18. The summed E-state index contributed by atoms with van der Waals surface area (Å²) in [7, 11) is 1.60. The Morgan fingerprint density at radius 3 is 3.00 bits per heavy atom. The van der Waals surface area contributed by atoms with Gasteiger partial charge in [-0.15, -0.1) is 0 Å². The van der Waals surface area contributed by atoms with Crippen LogP contribution in [0.5, 0.6) is 0 Å². The Hall–Kier alpha value is -1.75. The summed E-state index contributed by atoms with van der Waals surface area (Å²) in [6.07, 6.45) is 2.48. The van der Waals surface area contributed by atoms with Gasteiger partial charge in [0.05, 0.1) is 17.5 Å². The van der Waals surface area contributed by atoms with Gasteiger partial charge in [-0.2, -0.15) is 0 Å². The average molecular weight is 249 g/mol. The zero-order valence-corrected chi connectivity index (χ0v) is 10.5. The molecule has 5 nitrogen and oxygen atoms in total. The first-order chi connectivity index (χ1) is 8.70. The van der Waals surface area contributed by atoms with Crippen LogP contribution in [0.1, 0.15) is 23.2 Å². The highest BCUT2D eigenvalue weighted by molar-refractivity contribution is 5.95. The van der Waals surface area contributed by atoms with Gasteiger partial charge in [0.1, 0.15) is 0 Å². The Morgan fingerprint density at radius 2 is 2.39 bits per heavy atom. The molecule has 1 aromatic carbocycles. The van der Waals surface area contributed by atoms with Crippen LogP contribution in [0, 0.1) is 0 Å². The van der Waals surface area contributed by atoms with Gasteiger partial charge in [0.2, 0.25) is 0 Å². The number of benzene rings is 1. The second kappa shape index (κ2) is 5.73. The van der Waals surface area contributed by atoms with Gasteiger partial charge in [0.25, 0.3) is 5.91 Å². The number of nitrogen functional groups attached to an aromatic ring is 1. The molecule has 1 heterocycles. The number of nitrogens with two attached hydrogens (primary N) is 1. The highest BCUT2D eigenvalue weighted by atomic mass is 16.5. The Kier molecular flexibility index (Phi) is 4.04. The van der Waals surface area contributed by atoms with Gasteiger partial charge in [-0.05, 0) is 31.0 Å². The predicted molar refractivity (Wildman–Crippen MR) is 71.7 cm³/mol. The maximum Gasteiger partial charge on any atom is 0.251 e. The van der Waals surface area contributed by atoms with E-state index >= 15 is 0 Å². The molecule has 18 heavy (non-hydrogen) atoms. The van der Waals surface area contributed by atoms with E-state index in [2.05, 4.69) is 10.6 Å². The Labute approximate surface area is 107 Å². The van der Waals surface area contributed by atoms with Gasteiger partial charge in [-0.3, -0.25) is 4.79 Å². The molecule has 4 N–H and O–H groups in total. The fourth-order valence-electron chi connectivity index (χ4n) is 2.04. The van der Waals surface area contributed by atoms with Gasteiger partial charge >= 0.3 is 0 Å². The van der Waals surface area contributed by atoms with E-state index in [1.807, 2.05) is 6.07 Å². The molecule has 0 spiro atoms. The summed E-state index contributed by atoms with van der Waals surface area (Å²) in [5.74, 6) is -0.132. The number of hydrogen-bond acceptors (Lipinski definition) is 4. The summed E-state index contributed by atoms with van der Waals surface area (Å²) in [5.41, 5.74) is 7.91. The number of carbonyl (C=O) groups is 1. The molecular weight excluding hydrogens is 230 g/mol. The molecule has 1 atom stereocenters. The maximum atomic E-state index is 11.4. The fraction of sp³-hybridized carbons (Fsp3) is 0.462. The molecule has 0 saturated carbocycles. The highest BCUT2D eigenvalue weighted by Gasteiger charge is 2.15. The number of hydrogen-bond donors (Lipinski definition) is 3. The van der Waals surface area contributed by atoms with Crippen molar-refractivity contribution in [3.8, 4) is 0 Å². The van der Waals surface area contributed by atoms with Crippen molar-refractivity contribution in [2.45, 2.75) is 18.9 Å². The normalized spacial score (nSPS) is 18.6. The Balaban J connectivity index is 1.98.